The normalized spacial score (nSPS) is 14.8. The van der Waals surface area contributed by atoms with E-state index in [4.69, 9.17) is 27.7 Å². The van der Waals surface area contributed by atoms with E-state index in [1.165, 1.54) is 0 Å². The lowest BCUT2D eigenvalue weighted by molar-refractivity contribution is 0.387. The van der Waals surface area contributed by atoms with E-state index in [-0.39, 0.29) is 0 Å². The Morgan fingerprint density at radius 3 is 2.50 bits per heavy atom. The minimum atomic E-state index is 0.441. The van der Waals surface area contributed by atoms with Gasteiger partial charge in [-0.25, -0.2) is 0 Å². The van der Waals surface area contributed by atoms with Gasteiger partial charge in [0.2, 0.25) is 0 Å². The van der Waals surface area contributed by atoms with Gasteiger partial charge in [0.05, 0.1) is 10.0 Å². The van der Waals surface area contributed by atoms with Crippen molar-refractivity contribution in [2.75, 3.05) is 5.32 Å². The predicted octanol–water partition coefficient (Wildman–Crippen LogP) is 4.73. The summed E-state index contributed by atoms with van der Waals surface area (Å²) in [5.41, 5.74) is 2.10. The molecule has 1 saturated carbocycles. The number of hydrogen-bond acceptors (Lipinski definition) is 3. The van der Waals surface area contributed by atoms with Gasteiger partial charge in [-0.15, -0.1) is 0 Å². The largest absolute Gasteiger partial charge is 0.379 e. The Balaban J connectivity index is 2.16. The van der Waals surface area contributed by atoms with E-state index in [9.17, 15) is 0 Å². The summed E-state index contributed by atoms with van der Waals surface area (Å²) in [5, 5.41) is 8.09. The summed E-state index contributed by atoms with van der Waals surface area (Å²) < 4.78 is 5.41. The summed E-state index contributed by atoms with van der Waals surface area (Å²) in [6.07, 6.45) is 2.25. The molecule has 1 aromatic carbocycles. The molecular weight excluding hydrogens is 271 g/mol. The molecule has 18 heavy (non-hydrogen) atoms. The number of anilines is 1. The second kappa shape index (κ2) is 4.48. The highest BCUT2D eigenvalue weighted by molar-refractivity contribution is 6.39. The van der Waals surface area contributed by atoms with Gasteiger partial charge in [0.25, 0.3) is 0 Å². The van der Waals surface area contributed by atoms with Crippen LogP contribution in [0.4, 0.5) is 5.69 Å². The third kappa shape index (κ3) is 1.88. The van der Waals surface area contributed by atoms with E-state index in [2.05, 4.69) is 17.5 Å². The quantitative estimate of drug-likeness (QED) is 0.884. The molecule has 0 bridgehead atoms. The van der Waals surface area contributed by atoms with Crippen LogP contribution < -0.4 is 5.32 Å². The Bertz CT molecular complexity index is 570. The molecule has 1 aliphatic rings. The van der Waals surface area contributed by atoms with E-state index in [0.717, 1.165) is 24.3 Å². The second-order valence-corrected chi connectivity index (χ2v) is 5.13. The van der Waals surface area contributed by atoms with Gasteiger partial charge < -0.3 is 9.84 Å². The van der Waals surface area contributed by atoms with Crippen LogP contribution in [-0.4, -0.2) is 5.16 Å². The number of nitrogens with one attached hydrogen (secondary N) is 1. The van der Waals surface area contributed by atoms with Crippen LogP contribution >= 0.6 is 23.2 Å². The average Bonchev–Trinajstić information content (AvgIpc) is 3.10. The summed E-state index contributed by atoms with van der Waals surface area (Å²) in [5.74, 6) is 1.28. The van der Waals surface area contributed by atoms with E-state index in [1.54, 1.807) is 18.2 Å². The SMILES string of the molecule is [CH2]Nc1c(-c2c(Cl)cccc2Cl)noc1C1CC1. The lowest BCUT2D eigenvalue weighted by atomic mass is 10.1. The molecule has 0 aliphatic heterocycles. The number of nitrogens with zero attached hydrogens (tertiary/aromatic N) is 1. The van der Waals surface area contributed by atoms with Gasteiger partial charge in [-0.2, -0.15) is 0 Å². The number of hydrogen-bond donors (Lipinski definition) is 1. The Kier molecular flexibility index (Phi) is 2.96. The molecular formula is C13H11Cl2N2O. The molecule has 5 heteroatoms. The van der Waals surface area contributed by atoms with Crippen LogP contribution in [0, 0.1) is 7.05 Å². The fourth-order valence-corrected chi connectivity index (χ4v) is 2.57. The summed E-state index contributed by atoms with van der Waals surface area (Å²) in [6.45, 7) is 0. The van der Waals surface area contributed by atoms with Crippen molar-refractivity contribution >= 4 is 28.9 Å². The fraction of sp³-hybridized carbons (Fsp3) is 0.231. The third-order valence-electron chi connectivity index (χ3n) is 3.04. The van der Waals surface area contributed by atoms with E-state index in [0.29, 0.717) is 27.2 Å². The van der Waals surface area contributed by atoms with Crippen molar-refractivity contribution in [3.63, 3.8) is 0 Å². The molecule has 3 nitrogen and oxygen atoms in total. The molecule has 1 fully saturated rings. The van der Waals surface area contributed by atoms with Crippen molar-refractivity contribution in [3.05, 3.63) is 41.1 Å². The Hall–Kier alpha value is -1.19. The smallest absolute Gasteiger partial charge is 0.163 e. The Morgan fingerprint density at radius 2 is 1.94 bits per heavy atom. The molecule has 1 radical (unpaired) electrons. The molecule has 1 aromatic heterocycles. The first-order chi connectivity index (χ1) is 8.72. The van der Waals surface area contributed by atoms with Crippen LogP contribution in [0.3, 0.4) is 0 Å². The van der Waals surface area contributed by atoms with E-state index < -0.39 is 0 Å². The molecule has 0 saturated heterocycles. The summed E-state index contributed by atoms with van der Waals surface area (Å²) in [4.78, 5) is 0. The van der Waals surface area contributed by atoms with Gasteiger partial charge in [-0.1, -0.05) is 34.4 Å². The zero-order chi connectivity index (χ0) is 12.7. The first-order valence-corrected chi connectivity index (χ1v) is 6.45. The molecule has 3 rings (SSSR count). The standard InChI is InChI=1S/C13H11Cl2N2O/c1-16-12-11(17-18-13(12)7-5-6-7)10-8(14)3-2-4-9(10)15/h2-4,7,16H,1,5-6H2. The van der Waals surface area contributed by atoms with Crippen LogP contribution in [0.1, 0.15) is 24.5 Å². The zero-order valence-electron chi connectivity index (χ0n) is 9.54. The lowest BCUT2D eigenvalue weighted by Crippen LogP contribution is -1.91. The van der Waals surface area contributed by atoms with Crippen LogP contribution in [-0.2, 0) is 0 Å². The van der Waals surface area contributed by atoms with Gasteiger partial charge >= 0.3 is 0 Å². The lowest BCUT2D eigenvalue weighted by Gasteiger charge is -2.06. The van der Waals surface area contributed by atoms with E-state index in [1.807, 2.05) is 0 Å². The highest BCUT2D eigenvalue weighted by Crippen LogP contribution is 2.48. The number of aromatic nitrogens is 1. The summed E-state index contributed by atoms with van der Waals surface area (Å²) in [7, 11) is 3.71. The molecule has 0 amide bonds. The van der Waals surface area contributed by atoms with E-state index >= 15 is 0 Å². The van der Waals surface area contributed by atoms with Crippen molar-refractivity contribution < 1.29 is 4.52 Å². The zero-order valence-corrected chi connectivity index (χ0v) is 11.1. The first kappa shape index (κ1) is 11.9. The number of rotatable bonds is 3. The molecule has 0 unspecified atom stereocenters. The highest BCUT2D eigenvalue weighted by atomic mass is 35.5. The van der Waals surface area contributed by atoms with Crippen LogP contribution in [0.25, 0.3) is 11.3 Å². The number of halogens is 2. The minimum Gasteiger partial charge on any atom is -0.379 e. The second-order valence-electron chi connectivity index (χ2n) is 4.32. The van der Waals surface area contributed by atoms with Crippen LogP contribution in [0.5, 0.6) is 0 Å². The molecule has 1 heterocycles. The van der Waals surface area contributed by atoms with Gasteiger partial charge in [0.1, 0.15) is 11.4 Å². The molecule has 1 aliphatic carbocycles. The number of benzene rings is 1. The highest BCUT2D eigenvalue weighted by Gasteiger charge is 2.33. The first-order valence-electron chi connectivity index (χ1n) is 5.69. The molecule has 0 atom stereocenters. The third-order valence-corrected chi connectivity index (χ3v) is 3.67. The van der Waals surface area contributed by atoms with Crippen molar-refractivity contribution in [3.8, 4) is 11.3 Å². The van der Waals surface area contributed by atoms with Crippen molar-refractivity contribution in [2.24, 2.45) is 0 Å². The van der Waals surface area contributed by atoms with Gasteiger partial charge in [-0.05, 0) is 25.0 Å². The van der Waals surface area contributed by atoms with Crippen LogP contribution in [0.15, 0.2) is 22.7 Å². The van der Waals surface area contributed by atoms with Crippen molar-refractivity contribution in [2.45, 2.75) is 18.8 Å². The summed E-state index contributed by atoms with van der Waals surface area (Å²) in [6, 6.07) is 5.36. The van der Waals surface area contributed by atoms with Gasteiger partial charge in [0.15, 0.2) is 5.76 Å². The monoisotopic (exact) mass is 281 g/mol. The summed E-state index contributed by atoms with van der Waals surface area (Å²) >= 11 is 12.4. The maximum atomic E-state index is 6.18. The molecule has 2 aromatic rings. The van der Waals surface area contributed by atoms with Gasteiger partial charge in [0, 0.05) is 18.5 Å². The maximum Gasteiger partial charge on any atom is 0.163 e. The molecule has 1 N–H and O–H groups in total. The Morgan fingerprint density at radius 1 is 1.28 bits per heavy atom. The van der Waals surface area contributed by atoms with Gasteiger partial charge in [-0.3, -0.25) is 0 Å². The predicted molar refractivity (Wildman–Crippen MR) is 72.9 cm³/mol. The minimum absolute atomic E-state index is 0.441. The Labute approximate surface area is 115 Å². The molecule has 0 spiro atoms. The topological polar surface area (TPSA) is 38.1 Å². The van der Waals surface area contributed by atoms with Crippen molar-refractivity contribution in [1.82, 2.24) is 5.16 Å². The fourth-order valence-electron chi connectivity index (χ4n) is 1.99. The molecule has 93 valence electrons. The van der Waals surface area contributed by atoms with Crippen LogP contribution in [0.2, 0.25) is 10.0 Å². The average molecular weight is 282 g/mol. The van der Waals surface area contributed by atoms with Crippen molar-refractivity contribution in [1.29, 1.82) is 0 Å². The maximum absolute atomic E-state index is 6.18.